The fourth-order valence-electron chi connectivity index (χ4n) is 4.57. The van der Waals surface area contributed by atoms with E-state index in [1.54, 1.807) is 24.1 Å². The molecule has 0 aliphatic carbocycles. The molecule has 4 rings (SSSR count). The van der Waals surface area contributed by atoms with Crippen LogP contribution in [0.4, 0.5) is 5.69 Å². The summed E-state index contributed by atoms with van der Waals surface area (Å²) in [5, 5.41) is 2.99. The average Bonchev–Trinajstić information content (AvgIpc) is 3.26. The standard InChI is InChI=1S/C26H31N3O4/c1-33-22-12-10-21(11-13-22)29-18-20(17-24(29)30)25(31)27-23(16-19-8-4-2-5-9-19)26(32)28-14-6-3-7-15-28/h2,4-5,8-13,20,23H,3,6-7,14-18H2,1H3,(H,27,31). The van der Waals surface area contributed by atoms with Crippen molar-refractivity contribution in [2.24, 2.45) is 5.92 Å². The van der Waals surface area contributed by atoms with Crippen LogP contribution < -0.4 is 15.0 Å². The zero-order valence-electron chi connectivity index (χ0n) is 19.0. The highest BCUT2D eigenvalue weighted by Gasteiger charge is 2.37. The second-order valence-corrected chi connectivity index (χ2v) is 8.74. The van der Waals surface area contributed by atoms with Gasteiger partial charge in [-0.05, 0) is 49.1 Å². The van der Waals surface area contributed by atoms with Gasteiger partial charge in [0.2, 0.25) is 17.7 Å². The lowest BCUT2D eigenvalue weighted by atomic mass is 10.0. The lowest BCUT2D eigenvalue weighted by Crippen LogP contribution is -2.52. The van der Waals surface area contributed by atoms with Crippen molar-refractivity contribution >= 4 is 23.4 Å². The Morgan fingerprint density at radius 1 is 1.03 bits per heavy atom. The molecule has 0 aromatic heterocycles. The van der Waals surface area contributed by atoms with Crippen LogP contribution in [0.5, 0.6) is 5.75 Å². The summed E-state index contributed by atoms with van der Waals surface area (Å²) in [5.74, 6) is -0.164. The summed E-state index contributed by atoms with van der Waals surface area (Å²) in [6, 6.07) is 16.3. The Labute approximate surface area is 194 Å². The number of carbonyl (C=O) groups excluding carboxylic acids is 3. The van der Waals surface area contributed by atoms with E-state index in [1.807, 2.05) is 47.4 Å². The van der Waals surface area contributed by atoms with Gasteiger partial charge in [-0.1, -0.05) is 30.3 Å². The minimum atomic E-state index is -0.636. The molecule has 2 saturated heterocycles. The van der Waals surface area contributed by atoms with Crippen LogP contribution in [0.3, 0.4) is 0 Å². The predicted molar refractivity (Wildman–Crippen MR) is 126 cm³/mol. The van der Waals surface area contributed by atoms with E-state index in [0.717, 1.165) is 43.6 Å². The van der Waals surface area contributed by atoms with Crippen molar-refractivity contribution in [2.75, 3.05) is 31.6 Å². The van der Waals surface area contributed by atoms with Gasteiger partial charge in [-0.3, -0.25) is 14.4 Å². The third-order valence-electron chi connectivity index (χ3n) is 6.44. The summed E-state index contributed by atoms with van der Waals surface area (Å²) in [6.07, 6.45) is 3.68. The summed E-state index contributed by atoms with van der Waals surface area (Å²) in [5.41, 5.74) is 1.73. The van der Waals surface area contributed by atoms with Gasteiger partial charge in [0.05, 0.1) is 13.0 Å². The highest BCUT2D eigenvalue weighted by molar-refractivity contribution is 6.01. The fourth-order valence-corrected chi connectivity index (χ4v) is 4.57. The topological polar surface area (TPSA) is 79.0 Å². The van der Waals surface area contributed by atoms with Gasteiger partial charge in [0.25, 0.3) is 0 Å². The van der Waals surface area contributed by atoms with Crippen LogP contribution in [-0.2, 0) is 20.8 Å². The van der Waals surface area contributed by atoms with E-state index in [1.165, 1.54) is 0 Å². The lowest BCUT2D eigenvalue weighted by Gasteiger charge is -2.31. The number of nitrogens with one attached hydrogen (secondary N) is 1. The zero-order valence-corrected chi connectivity index (χ0v) is 19.0. The number of hydrogen-bond donors (Lipinski definition) is 1. The van der Waals surface area contributed by atoms with E-state index >= 15 is 0 Å². The summed E-state index contributed by atoms with van der Waals surface area (Å²) in [4.78, 5) is 42.6. The van der Waals surface area contributed by atoms with Crippen molar-refractivity contribution in [3.05, 3.63) is 60.2 Å². The van der Waals surface area contributed by atoms with Crippen LogP contribution >= 0.6 is 0 Å². The maximum atomic E-state index is 13.3. The van der Waals surface area contributed by atoms with Crippen molar-refractivity contribution in [2.45, 2.75) is 38.1 Å². The summed E-state index contributed by atoms with van der Waals surface area (Å²) in [6.45, 7) is 1.76. The molecule has 2 atom stereocenters. The number of nitrogens with zero attached hydrogens (tertiary/aromatic N) is 2. The Morgan fingerprint density at radius 2 is 1.73 bits per heavy atom. The molecule has 2 aliphatic rings. The van der Waals surface area contributed by atoms with Gasteiger partial charge >= 0.3 is 0 Å². The normalized spacial score (nSPS) is 19.3. The van der Waals surface area contributed by atoms with E-state index in [4.69, 9.17) is 4.74 Å². The fraction of sp³-hybridized carbons (Fsp3) is 0.423. The minimum absolute atomic E-state index is 0.0387. The third kappa shape index (κ3) is 5.53. The second-order valence-electron chi connectivity index (χ2n) is 8.74. The molecule has 3 amide bonds. The molecule has 7 heteroatoms. The zero-order chi connectivity index (χ0) is 23.2. The Kier molecular flexibility index (Phi) is 7.27. The molecule has 2 aromatic rings. The van der Waals surface area contributed by atoms with Gasteiger partial charge in [-0.2, -0.15) is 0 Å². The molecule has 0 saturated carbocycles. The number of rotatable bonds is 7. The Hall–Kier alpha value is -3.35. The van der Waals surface area contributed by atoms with E-state index in [0.29, 0.717) is 18.7 Å². The van der Waals surface area contributed by atoms with E-state index in [-0.39, 0.29) is 24.1 Å². The molecule has 2 heterocycles. The Bertz CT molecular complexity index is 971. The maximum Gasteiger partial charge on any atom is 0.245 e. The maximum absolute atomic E-state index is 13.3. The first-order valence-corrected chi connectivity index (χ1v) is 11.6. The van der Waals surface area contributed by atoms with Crippen molar-refractivity contribution in [3.8, 4) is 5.75 Å². The first-order chi connectivity index (χ1) is 16.0. The number of piperidine rings is 1. The van der Waals surface area contributed by atoms with Crippen LogP contribution in [0.2, 0.25) is 0 Å². The van der Waals surface area contributed by atoms with Gasteiger partial charge < -0.3 is 19.9 Å². The molecule has 7 nitrogen and oxygen atoms in total. The quantitative estimate of drug-likeness (QED) is 0.705. The van der Waals surface area contributed by atoms with E-state index in [9.17, 15) is 14.4 Å². The van der Waals surface area contributed by atoms with Crippen molar-refractivity contribution in [1.29, 1.82) is 0 Å². The van der Waals surface area contributed by atoms with E-state index in [2.05, 4.69) is 5.32 Å². The molecule has 2 unspecified atom stereocenters. The number of ether oxygens (including phenoxy) is 1. The Balaban J connectivity index is 1.45. The van der Waals surface area contributed by atoms with Gasteiger partial charge in [0, 0.05) is 38.2 Å². The van der Waals surface area contributed by atoms with Gasteiger partial charge in [-0.25, -0.2) is 0 Å². The first-order valence-electron chi connectivity index (χ1n) is 11.6. The third-order valence-corrected chi connectivity index (χ3v) is 6.44. The predicted octanol–water partition coefficient (Wildman–Crippen LogP) is 2.79. The SMILES string of the molecule is COc1ccc(N2CC(C(=O)NC(Cc3ccccc3)C(=O)N3CCCCC3)CC2=O)cc1. The number of anilines is 1. The lowest BCUT2D eigenvalue weighted by molar-refractivity contribution is -0.138. The molecule has 1 N–H and O–H groups in total. The summed E-state index contributed by atoms with van der Waals surface area (Å²) >= 11 is 0. The monoisotopic (exact) mass is 449 g/mol. The smallest absolute Gasteiger partial charge is 0.245 e. The molecule has 33 heavy (non-hydrogen) atoms. The largest absolute Gasteiger partial charge is 0.497 e. The number of carbonyl (C=O) groups is 3. The molecular formula is C26H31N3O4. The van der Waals surface area contributed by atoms with Gasteiger partial charge in [-0.15, -0.1) is 0 Å². The van der Waals surface area contributed by atoms with Crippen molar-refractivity contribution in [3.63, 3.8) is 0 Å². The summed E-state index contributed by atoms with van der Waals surface area (Å²) < 4.78 is 5.18. The van der Waals surface area contributed by atoms with Crippen LogP contribution in [-0.4, -0.2) is 55.4 Å². The molecule has 2 aliphatic heterocycles. The Morgan fingerprint density at radius 3 is 2.39 bits per heavy atom. The highest BCUT2D eigenvalue weighted by Crippen LogP contribution is 2.27. The molecule has 2 aromatic carbocycles. The number of likely N-dealkylation sites (tertiary alicyclic amines) is 1. The number of amides is 3. The molecular weight excluding hydrogens is 418 g/mol. The molecule has 2 fully saturated rings. The first kappa shape index (κ1) is 22.8. The van der Waals surface area contributed by atoms with Gasteiger partial charge in [0.1, 0.15) is 11.8 Å². The minimum Gasteiger partial charge on any atom is -0.497 e. The molecule has 0 radical (unpaired) electrons. The summed E-state index contributed by atoms with van der Waals surface area (Å²) in [7, 11) is 1.59. The van der Waals surface area contributed by atoms with E-state index < -0.39 is 12.0 Å². The molecule has 0 spiro atoms. The number of benzene rings is 2. The van der Waals surface area contributed by atoms with Crippen LogP contribution in [0.1, 0.15) is 31.2 Å². The van der Waals surface area contributed by atoms with Crippen LogP contribution in [0, 0.1) is 5.92 Å². The van der Waals surface area contributed by atoms with Crippen LogP contribution in [0.25, 0.3) is 0 Å². The highest BCUT2D eigenvalue weighted by atomic mass is 16.5. The average molecular weight is 450 g/mol. The second kappa shape index (κ2) is 10.5. The number of methoxy groups -OCH3 is 1. The van der Waals surface area contributed by atoms with Gasteiger partial charge in [0.15, 0.2) is 0 Å². The van der Waals surface area contributed by atoms with Crippen LogP contribution in [0.15, 0.2) is 54.6 Å². The molecule has 0 bridgehead atoms. The molecule has 174 valence electrons. The number of hydrogen-bond acceptors (Lipinski definition) is 4. The van der Waals surface area contributed by atoms with Crippen molar-refractivity contribution in [1.82, 2.24) is 10.2 Å². The van der Waals surface area contributed by atoms with Crippen molar-refractivity contribution < 1.29 is 19.1 Å².